The normalized spacial score (nSPS) is 18.1. The van der Waals surface area contributed by atoms with Gasteiger partial charge in [-0.2, -0.15) is 0 Å². The monoisotopic (exact) mass is 512 g/mol. The number of fused-ring (bicyclic) bond motifs is 1. The van der Waals surface area contributed by atoms with E-state index < -0.39 is 51.1 Å². The van der Waals surface area contributed by atoms with Crippen LogP contribution in [0.2, 0.25) is 0 Å². The van der Waals surface area contributed by atoms with E-state index in [-0.39, 0.29) is 36.7 Å². The van der Waals surface area contributed by atoms with E-state index in [1.807, 2.05) is 11.3 Å². The quantitative estimate of drug-likeness (QED) is 0.187. The maximum absolute atomic E-state index is 13.6. The Kier molecular flexibility index (Phi) is 7.95. The molecule has 1 heterocycles. The van der Waals surface area contributed by atoms with Gasteiger partial charge in [-0.1, -0.05) is 30.7 Å². The number of carbonyl (C=O) groups excluding carboxylic acids is 1. The van der Waals surface area contributed by atoms with Crippen molar-refractivity contribution < 1.29 is 57.4 Å². The lowest BCUT2D eigenvalue weighted by atomic mass is 10.00. The molecule has 0 fully saturated rings. The van der Waals surface area contributed by atoms with E-state index in [4.69, 9.17) is 19.1 Å². The number of hydrogen-bond donors (Lipinski definition) is 2. The molecule has 0 saturated heterocycles. The van der Waals surface area contributed by atoms with Crippen molar-refractivity contribution in [1.82, 2.24) is 11.3 Å². The van der Waals surface area contributed by atoms with Crippen LogP contribution in [0.15, 0.2) is 22.6 Å². The number of esters is 1. The highest BCUT2D eigenvalue weighted by Gasteiger charge is 2.65. The van der Waals surface area contributed by atoms with Crippen LogP contribution >= 0.6 is 10.2 Å². The van der Waals surface area contributed by atoms with Gasteiger partial charge in [-0.15, -0.1) is 0 Å². The summed E-state index contributed by atoms with van der Waals surface area (Å²) in [6.07, 6.45) is -1.89. The number of alkyl halides is 1. The zero-order valence-corrected chi connectivity index (χ0v) is 18.4. The zero-order chi connectivity index (χ0) is 24.9. The van der Waals surface area contributed by atoms with Crippen molar-refractivity contribution in [3.8, 4) is 5.75 Å². The Morgan fingerprint density at radius 1 is 1.09 bits per heavy atom. The molecule has 0 aliphatic carbocycles. The molecule has 2 N–H and O–H groups in total. The lowest BCUT2D eigenvalue weighted by Gasteiger charge is -2.41. The van der Waals surface area contributed by atoms with Gasteiger partial charge in [0.15, 0.2) is 12.2 Å². The van der Waals surface area contributed by atoms with Crippen LogP contribution in [0.4, 0.5) is 23.8 Å². The van der Waals surface area contributed by atoms with Gasteiger partial charge in [0.2, 0.25) is 0 Å². The lowest BCUT2D eigenvalue weighted by molar-refractivity contribution is -0.206. The van der Waals surface area contributed by atoms with Crippen LogP contribution in [-0.2, 0) is 28.9 Å². The molecular weight excluding hydrogens is 490 g/mol. The highest BCUT2D eigenvalue weighted by molar-refractivity contribution is 8.45. The van der Waals surface area contributed by atoms with Crippen molar-refractivity contribution >= 4 is 22.3 Å². The number of aryl methyl sites for hydroxylation is 1. The molecule has 1 unspecified atom stereocenters. The van der Waals surface area contributed by atoms with Crippen molar-refractivity contribution in [1.29, 1.82) is 0 Å². The number of rotatable bonds is 12. The van der Waals surface area contributed by atoms with Crippen molar-refractivity contribution in [3.63, 3.8) is 0 Å². The van der Waals surface area contributed by atoms with Gasteiger partial charge in [0.25, 0.3) is 0 Å². The molecule has 0 radical (unpaired) electrons. The summed E-state index contributed by atoms with van der Waals surface area (Å²) in [5.41, 5.74) is 2.70. The van der Waals surface area contributed by atoms with E-state index in [2.05, 4.69) is 9.68 Å². The van der Waals surface area contributed by atoms with Gasteiger partial charge in [0, 0.05) is 5.56 Å². The van der Waals surface area contributed by atoms with Crippen molar-refractivity contribution in [2.24, 2.45) is 0 Å². The molecule has 9 nitrogen and oxygen atoms in total. The van der Waals surface area contributed by atoms with Crippen molar-refractivity contribution in [2.45, 2.75) is 24.0 Å². The summed E-state index contributed by atoms with van der Waals surface area (Å²) in [7, 11) is -7.56. The van der Waals surface area contributed by atoms with E-state index in [1.165, 1.54) is 14.2 Å². The first kappa shape index (κ1) is 27.2. The number of halogens is 6. The first-order chi connectivity index (χ1) is 15.2. The number of carbonyl (C=O) groups is 1. The van der Waals surface area contributed by atoms with Crippen LogP contribution in [0.1, 0.15) is 11.1 Å². The number of ether oxygens (including phenoxy) is 2. The fraction of sp³-hybridized carbons (Fsp3) is 0.471. The highest BCUT2D eigenvalue weighted by atomic mass is 32.5. The Hall–Kier alpha value is -2.08. The largest absolute Gasteiger partial charge is 0.482 e. The molecule has 2 rings (SSSR count). The maximum atomic E-state index is 13.6. The van der Waals surface area contributed by atoms with Gasteiger partial charge < -0.3 is 9.47 Å². The Balaban J connectivity index is 2.36. The van der Waals surface area contributed by atoms with Gasteiger partial charge in [-0.25, -0.2) is 9.18 Å². The number of nitrogens with one attached hydrogen (secondary N) is 2. The molecule has 190 valence electrons. The average molecular weight is 512 g/mol. The van der Waals surface area contributed by atoms with Crippen LogP contribution in [0.5, 0.6) is 5.75 Å². The van der Waals surface area contributed by atoms with Gasteiger partial charge in [-0.05, 0) is 30.7 Å². The molecule has 1 aromatic carbocycles. The molecular formula is C17H22F6N2O7S. The molecule has 0 amide bonds. The van der Waals surface area contributed by atoms with E-state index in [0.29, 0.717) is 0 Å². The Labute approximate surface area is 184 Å². The first-order valence-electron chi connectivity index (χ1n) is 9.03. The third-order valence-corrected chi connectivity index (χ3v) is 5.24. The van der Waals surface area contributed by atoms with Crippen LogP contribution < -0.4 is 16.0 Å². The summed E-state index contributed by atoms with van der Waals surface area (Å²) in [5, 5.41) is 0. The minimum absolute atomic E-state index is 0.139. The predicted molar refractivity (Wildman–Crippen MR) is 103 cm³/mol. The fourth-order valence-corrected chi connectivity index (χ4v) is 3.49. The molecule has 1 aromatic rings. The zero-order valence-electron chi connectivity index (χ0n) is 17.5. The Morgan fingerprint density at radius 2 is 1.67 bits per heavy atom. The third kappa shape index (κ3) is 7.46. The third-order valence-electron chi connectivity index (χ3n) is 4.11. The Morgan fingerprint density at radius 3 is 2.15 bits per heavy atom. The molecule has 1 aliphatic rings. The molecule has 0 spiro atoms. The summed E-state index contributed by atoms with van der Waals surface area (Å²) in [4.78, 5) is 29.0. The van der Waals surface area contributed by atoms with Gasteiger partial charge in [0.1, 0.15) is 30.5 Å². The summed E-state index contributed by atoms with van der Waals surface area (Å²) in [6.45, 7) is -0.848. The van der Waals surface area contributed by atoms with Crippen LogP contribution in [0.25, 0.3) is 6.08 Å². The average Bonchev–Trinajstić information content (AvgIpc) is 2.71. The molecule has 1 aliphatic heterocycles. The Bertz CT molecular complexity index is 891. The first-order valence-corrected chi connectivity index (χ1v) is 11.0. The van der Waals surface area contributed by atoms with Gasteiger partial charge >= 0.3 is 16.2 Å². The molecule has 0 saturated carbocycles. The SMILES string of the molecule is CONOCC(CONOC)OC(=O)C1=Cc2cc(S(F)(F)(F)(F)F)cc(C)c2OC1CF. The molecule has 1 atom stereocenters. The summed E-state index contributed by atoms with van der Waals surface area (Å²) < 4.78 is 90.4. The second-order valence-electron chi connectivity index (χ2n) is 6.71. The number of hydrogen-bond acceptors (Lipinski definition) is 9. The fourth-order valence-electron chi connectivity index (χ4n) is 2.74. The predicted octanol–water partition coefficient (Wildman–Crippen LogP) is 3.84. The molecule has 0 bridgehead atoms. The summed E-state index contributed by atoms with van der Waals surface area (Å²) >= 11 is 0. The summed E-state index contributed by atoms with van der Waals surface area (Å²) in [5.74, 6) is -1.47. The molecule has 0 aromatic heterocycles. The highest BCUT2D eigenvalue weighted by Crippen LogP contribution is 3.02. The molecule has 33 heavy (non-hydrogen) atoms. The number of benzene rings is 1. The maximum Gasteiger partial charge on any atom is 0.338 e. The van der Waals surface area contributed by atoms with E-state index in [1.54, 1.807) is 0 Å². The minimum atomic E-state index is -10.0. The second-order valence-corrected chi connectivity index (χ2v) is 9.12. The van der Waals surface area contributed by atoms with E-state index >= 15 is 0 Å². The van der Waals surface area contributed by atoms with Crippen molar-refractivity contribution in [3.05, 3.63) is 28.8 Å². The van der Waals surface area contributed by atoms with Gasteiger partial charge in [0.05, 0.1) is 19.8 Å². The standard InChI is InChI=1S/C17H22F6N2O7S/c1-10-4-13(33(19,20,21,22)23)5-11-6-14(15(7-18)32-16(10)11)17(26)31-12(8-29-24-27-2)9-30-25-28-3/h4-6,12,15,24-25H,7-9H2,1-3H3. The van der Waals surface area contributed by atoms with Gasteiger partial charge in [-0.3, -0.25) is 19.4 Å². The molecule has 16 heteroatoms. The van der Waals surface area contributed by atoms with Crippen LogP contribution in [0, 0.1) is 6.92 Å². The second kappa shape index (κ2) is 9.65. The van der Waals surface area contributed by atoms with E-state index in [0.717, 1.165) is 13.0 Å². The minimum Gasteiger partial charge on any atom is -0.482 e. The van der Waals surface area contributed by atoms with E-state index in [9.17, 15) is 28.6 Å². The topological polar surface area (TPSA) is 96.5 Å². The van der Waals surface area contributed by atoms with Crippen LogP contribution in [0.3, 0.4) is 0 Å². The van der Waals surface area contributed by atoms with Crippen LogP contribution in [-0.4, -0.2) is 52.3 Å². The smallest absolute Gasteiger partial charge is 0.338 e. The summed E-state index contributed by atoms with van der Waals surface area (Å²) in [6, 6.07) is 0.351. The lowest BCUT2D eigenvalue weighted by Crippen LogP contribution is -2.37. The van der Waals surface area contributed by atoms with Crippen molar-refractivity contribution in [2.75, 3.05) is 34.1 Å².